The fourth-order valence-corrected chi connectivity index (χ4v) is 2.23. The second kappa shape index (κ2) is 6.38. The lowest BCUT2D eigenvalue weighted by atomic mass is 10.1. The summed E-state index contributed by atoms with van der Waals surface area (Å²) in [5, 5.41) is 18.4. The van der Waals surface area contributed by atoms with Crippen molar-refractivity contribution < 1.29 is 10.2 Å². The van der Waals surface area contributed by atoms with E-state index in [1.165, 1.54) is 6.42 Å². The maximum Gasteiger partial charge on any atom is 0.0580 e. The minimum atomic E-state index is -0.0850. The lowest BCUT2D eigenvalue weighted by Crippen LogP contribution is -2.33. The van der Waals surface area contributed by atoms with Gasteiger partial charge in [-0.05, 0) is 31.7 Å². The molecule has 84 valence electrons. The molecule has 0 heterocycles. The van der Waals surface area contributed by atoms with Crippen molar-refractivity contribution >= 4 is 0 Å². The van der Waals surface area contributed by atoms with Crippen LogP contribution in [0.5, 0.6) is 0 Å². The fraction of sp³-hybridized carbons (Fsp3) is 1.00. The summed E-state index contributed by atoms with van der Waals surface area (Å²) in [5.41, 5.74) is 0. The predicted molar refractivity (Wildman–Crippen MR) is 57.2 cm³/mol. The maximum absolute atomic E-state index is 9.68. The van der Waals surface area contributed by atoms with E-state index in [0.717, 1.165) is 38.9 Å². The van der Waals surface area contributed by atoms with Crippen molar-refractivity contribution in [3.8, 4) is 0 Å². The van der Waals surface area contributed by atoms with Crippen molar-refractivity contribution in [2.45, 2.75) is 38.7 Å². The molecule has 1 aliphatic carbocycles. The minimum absolute atomic E-state index is 0.0850. The van der Waals surface area contributed by atoms with Crippen LogP contribution in [0.3, 0.4) is 0 Å². The summed E-state index contributed by atoms with van der Waals surface area (Å²) in [6.07, 6.45) is 4.07. The van der Waals surface area contributed by atoms with E-state index in [-0.39, 0.29) is 12.7 Å². The van der Waals surface area contributed by atoms with Gasteiger partial charge in [-0.1, -0.05) is 13.3 Å². The molecule has 1 fully saturated rings. The number of hydrogen-bond acceptors (Lipinski definition) is 3. The van der Waals surface area contributed by atoms with Crippen molar-refractivity contribution in [3.63, 3.8) is 0 Å². The van der Waals surface area contributed by atoms with Gasteiger partial charge in [-0.15, -0.1) is 0 Å². The Hall–Kier alpha value is -0.120. The Balaban J connectivity index is 2.24. The zero-order valence-electron chi connectivity index (χ0n) is 9.15. The number of aliphatic hydroxyl groups excluding tert-OH is 2. The van der Waals surface area contributed by atoms with E-state index >= 15 is 0 Å². The third-order valence-electron chi connectivity index (χ3n) is 3.19. The smallest absolute Gasteiger partial charge is 0.0580 e. The van der Waals surface area contributed by atoms with E-state index in [9.17, 15) is 5.11 Å². The summed E-state index contributed by atoms with van der Waals surface area (Å²) in [6.45, 7) is 5.37. The second-order valence-corrected chi connectivity index (χ2v) is 4.23. The van der Waals surface area contributed by atoms with Crippen LogP contribution in [0.25, 0.3) is 0 Å². The van der Waals surface area contributed by atoms with Gasteiger partial charge in [0.2, 0.25) is 0 Å². The highest BCUT2D eigenvalue weighted by molar-refractivity contribution is 4.79. The van der Waals surface area contributed by atoms with Gasteiger partial charge in [-0.3, -0.25) is 0 Å². The minimum Gasteiger partial charge on any atom is -0.396 e. The Bertz CT molecular complexity index is 152. The molecule has 0 saturated heterocycles. The van der Waals surface area contributed by atoms with E-state index in [1.54, 1.807) is 0 Å². The predicted octanol–water partition coefficient (Wildman–Crippen LogP) is 0.852. The van der Waals surface area contributed by atoms with Crippen molar-refractivity contribution in [1.82, 2.24) is 4.90 Å². The number of aliphatic hydroxyl groups is 2. The summed E-state index contributed by atoms with van der Waals surface area (Å²) in [4.78, 5) is 2.33. The normalized spacial score (nSPS) is 27.4. The highest BCUT2D eigenvalue weighted by atomic mass is 16.3. The van der Waals surface area contributed by atoms with Crippen LogP contribution in [0.4, 0.5) is 0 Å². The summed E-state index contributed by atoms with van der Waals surface area (Å²) in [6, 6.07) is 0. The first-order valence-electron chi connectivity index (χ1n) is 5.79. The van der Waals surface area contributed by atoms with E-state index in [0.29, 0.717) is 5.92 Å². The first-order chi connectivity index (χ1) is 6.77. The molecular weight excluding hydrogens is 178 g/mol. The molecule has 3 nitrogen and oxygen atoms in total. The van der Waals surface area contributed by atoms with Gasteiger partial charge in [-0.25, -0.2) is 0 Å². The molecule has 0 aromatic rings. The van der Waals surface area contributed by atoms with E-state index in [2.05, 4.69) is 11.8 Å². The SMILES string of the molecule is CCN(CCCO)CC1CCCC1O. The zero-order chi connectivity index (χ0) is 10.4. The summed E-state index contributed by atoms with van der Waals surface area (Å²) < 4.78 is 0. The monoisotopic (exact) mass is 201 g/mol. The van der Waals surface area contributed by atoms with E-state index < -0.39 is 0 Å². The first-order valence-corrected chi connectivity index (χ1v) is 5.79. The van der Waals surface area contributed by atoms with E-state index in [4.69, 9.17) is 5.11 Å². The van der Waals surface area contributed by atoms with Gasteiger partial charge in [0, 0.05) is 19.7 Å². The molecule has 2 unspecified atom stereocenters. The summed E-state index contributed by atoms with van der Waals surface area (Å²) in [5.74, 6) is 0.466. The molecule has 0 aromatic heterocycles. The Morgan fingerprint density at radius 3 is 2.64 bits per heavy atom. The Kier molecular flexibility index (Phi) is 5.45. The fourth-order valence-electron chi connectivity index (χ4n) is 2.23. The molecule has 2 atom stereocenters. The summed E-state index contributed by atoms with van der Waals surface area (Å²) >= 11 is 0. The highest BCUT2D eigenvalue weighted by Crippen LogP contribution is 2.26. The first kappa shape index (κ1) is 12.0. The molecule has 0 radical (unpaired) electrons. The molecule has 14 heavy (non-hydrogen) atoms. The van der Waals surface area contributed by atoms with Gasteiger partial charge in [-0.2, -0.15) is 0 Å². The van der Waals surface area contributed by atoms with Crippen LogP contribution >= 0.6 is 0 Å². The van der Waals surface area contributed by atoms with Crippen molar-refractivity contribution in [2.75, 3.05) is 26.2 Å². The third-order valence-corrected chi connectivity index (χ3v) is 3.19. The van der Waals surface area contributed by atoms with Gasteiger partial charge < -0.3 is 15.1 Å². The average molecular weight is 201 g/mol. The number of rotatable bonds is 6. The zero-order valence-corrected chi connectivity index (χ0v) is 9.15. The number of hydrogen-bond donors (Lipinski definition) is 2. The van der Waals surface area contributed by atoms with Gasteiger partial charge in [0.1, 0.15) is 0 Å². The molecule has 2 N–H and O–H groups in total. The Morgan fingerprint density at radius 1 is 1.36 bits per heavy atom. The molecular formula is C11H23NO2. The lowest BCUT2D eigenvalue weighted by molar-refractivity contribution is 0.101. The molecule has 0 bridgehead atoms. The van der Waals surface area contributed by atoms with Crippen LogP contribution in [0.1, 0.15) is 32.6 Å². The molecule has 0 aromatic carbocycles. The van der Waals surface area contributed by atoms with Crippen LogP contribution in [0.2, 0.25) is 0 Å². The molecule has 1 rings (SSSR count). The molecule has 1 aliphatic rings. The van der Waals surface area contributed by atoms with Crippen LogP contribution in [0.15, 0.2) is 0 Å². The topological polar surface area (TPSA) is 43.7 Å². The molecule has 0 amide bonds. The highest BCUT2D eigenvalue weighted by Gasteiger charge is 2.26. The van der Waals surface area contributed by atoms with Crippen molar-refractivity contribution in [3.05, 3.63) is 0 Å². The van der Waals surface area contributed by atoms with Crippen LogP contribution in [-0.4, -0.2) is 47.5 Å². The van der Waals surface area contributed by atoms with Crippen molar-refractivity contribution in [2.24, 2.45) is 5.92 Å². The van der Waals surface area contributed by atoms with Crippen LogP contribution in [0, 0.1) is 5.92 Å². The average Bonchev–Trinajstić information content (AvgIpc) is 2.59. The van der Waals surface area contributed by atoms with Crippen LogP contribution in [-0.2, 0) is 0 Å². The van der Waals surface area contributed by atoms with E-state index in [1.807, 2.05) is 0 Å². The maximum atomic E-state index is 9.68. The summed E-state index contributed by atoms with van der Waals surface area (Å²) in [7, 11) is 0. The lowest BCUT2D eigenvalue weighted by Gasteiger charge is -2.25. The third kappa shape index (κ3) is 3.56. The Morgan fingerprint density at radius 2 is 2.14 bits per heavy atom. The van der Waals surface area contributed by atoms with Crippen LogP contribution < -0.4 is 0 Å². The van der Waals surface area contributed by atoms with Gasteiger partial charge >= 0.3 is 0 Å². The second-order valence-electron chi connectivity index (χ2n) is 4.23. The molecule has 0 spiro atoms. The van der Waals surface area contributed by atoms with Gasteiger partial charge in [0.25, 0.3) is 0 Å². The Labute approximate surface area is 86.7 Å². The quantitative estimate of drug-likeness (QED) is 0.669. The number of nitrogens with zero attached hydrogens (tertiary/aromatic N) is 1. The van der Waals surface area contributed by atoms with Gasteiger partial charge in [0.05, 0.1) is 6.10 Å². The molecule has 0 aliphatic heterocycles. The largest absolute Gasteiger partial charge is 0.396 e. The molecule has 3 heteroatoms. The van der Waals surface area contributed by atoms with Gasteiger partial charge in [0.15, 0.2) is 0 Å². The molecule has 1 saturated carbocycles. The standard InChI is InChI=1S/C11H23NO2/c1-2-12(7-4-8-13)9-10-5-3-6-11(10)14/h10-11,13-14H,2-9H2,1H3. The van der Waals surface area contributed by atoms with Crippen molar-refractivity contribution in [1.29, 1.82) is 0 Å².